The Hall–Kier alpha value is -4.27. The van der Waals surface area contributed by atoms with E-state index in [-0.39, 0.29) is 22.4 Å². The van der Waals surface area contributed by atoms with E-state index in [4.69, 9.17) is 9.47 Å². The monoisotopic (exact) mass is 458 g/mol. The van der Waals surface area contributed by atoms with Gasteiger partial charge in [-0.25, -0.2) is 31.5 Å². The normalized spacial score (nSPS) is 10.8. The van der Waals surface area contributed by atoms with Crippen LogP contribution < -0.4 is 9.47 Å². The highest BCUT2D eigenvalue weighted by molar-refractivity contribution is 5.99. The van der Waals surface area contributed by atoms with Crippen molar-refractivity contribution < 1.29 is 41.0 Å². The third-order valence-corrected chi connectivity index (χ3v) is 4.66. The maximum Gasteiger partial charge on any atom is 0.346 e. The summed E-state index contributed by atoms with van der Waals surface area (Å²) in [7, 11) is 0. The lowest BCUT2D eigenvalue weighted by Gasteiger charge is -2.12. The molecule has 0 amide bonds. The molecule has 0 aromatic heterocycles. The van der Waals surface area contributed by atoms with E-state index >= 15 is 0 Å². The quantitative estimate of drug-likeness (QED) is 0.164. The first-order valence-corrected chi connectivity index (χ1v) is 9.31. The summed E-state index contributed by atoms with van der Waals surface area (Å²) in [5, 5.41) is 0.564. The molecule has 0 aliphatic carbocycles. The molecule has 0 fully saturated rings. The molecule has 0 atom stereocenters. The minimum atomic E-state index is -1.81. The Bertz CT molecular complexity index is 1420. The van der Waals surface area contributed by atoms with Gasteiger partial charge in [-0.1, -0.05) is 24.3 Å². The molecule has 0 spiro atoms. The standard InChI is InChI=1S/C24H11F5O4/c25-16-9-7-12(11-18(16)27)23(30)32-19-5-1-4-14-13(19)3-2-6-20(14)33-24(31)15-8-10-17(26)22(29)21(15)28/h1-11H. The molecule has 0 N–H and O–H groups in total. The molecule has 0 aliphatic heterocycles. The van der Waals surface area contributed by atoms with E-state index in [1.807, 2.05) is 0 Å². The summed E-state index contributed by atoms with van der Waals surface area (Å²) >= 11 is 0. The summed E-state index contributed by atoms with van der Waals surface area (Å²) in [5.41, 5.74) is -1.05. The van der Waals surface area contributed by atoms with E-state index in [1.54, 1.807) is 0 Å². The van der Waals surface area contributed by atoms with E-state index in [0.717, 1.165) is 18.2 Å². The van der Waals surface area contributed by atoms with Gasteiger partial charge in [0.25, 0.3) is 0 Å². The molecular formula is C24H11F5O4. The summed E-state index contributed by atoms with van der Waals surface area (Å²) < 4.78 is 77.5. The van der Waals surface area contributed by atoms with Gasteiger partial charge in [-0.05, 0) is 42.5 Å². The molecular weight excluding hydrogens is 447 g/mol. The predicted molar refractivity (Wildman–Crippen MR) is 107 cm³/mol. The van der Waals surface area contributed by atoms with E-state index in [9.17, 15) is 31.5 Å². The zero-order chi connectivity index (χ0) is 23.7. The van der Waals surface area contributed by atoms with Crippen LogP contribution in [0.5, 0.6) is 11.5 Å². The highest BCUT2D eigenvalue weighted by atomic mass is 19.2. The van der Waals surface area contributed by atoms with Crippen LogP contribution in [0.2, 0.25) is 0 Å². The Morgan fingerprint density at radius 1 is 0.576 bits per heavy atom. The van der Waals surface area contributed by atoms with Gasteiger partial charge >= 0.3 is 11.9 Å². The first-order chi connectivity index (χ1) is 15.8. The number of benzene rings is 4. The van der Waals surface area contributed by atoms with Crippen LogP contribution in [0.25, 0.3) is 10.8 Å². The number of esters is 2. The maximum absolute atomic E-state index is 13.9. The van der Waals surface area contributed by atoms with Gasteiger partial charge < -0.3 is 9.47 Å². The van der Waals surface area contributed by atoms with E-state index in [2.05, 4.69) is 0 Å². The minimum absolute atomic E-state index is 0.0131. The van der Waals surface area contributed by atoms with Crippen LogP contribution in [0, 0.1) is 29.1 Å². The summed E-state index contributed by atoms with van der Waals surface area (Å²) in [6, 6.07) is 12.6. The molecule has 33 heavy (non-hydrogen) atoms. The SMILES string of the molecule is O=C(Oc1cccc2c(OC(=O)c3ccc(F)c(F)c3F)cccc12)c1ccc(F)c(F)c1. The zero-order valence-corrected chi connectivity index (χ0v) is 16.4. The van der Waals surface area contributed by atoms with Crippen molar-refractivity contribution in [3.63, 3.8) is 0 Å². The number of halogens is 5. The van der Waals surface area contributed by atoms with Crippen molar-refractivity contribution in [3.05, 3.63) is 107 Å². The molecule has 0 aliphatic rings. The largest absolute Gasteiger partial charge is 0.422 e. The summed E-state index contributed by atoms with van der Waals surface area (Å²) in [4.78, 5) is 24.7. The molecule has 4 aromatic carbocycles. The number of hydrogen-bond donors (Lipinski definition) is 0. The highest BCUT2D eigenvalue weighted by Crippen LogP contribution is 2.33. The topological polar surface area (TPSA) is 52.6 Å². The third kappa shape index (κ3) is 4.25. The highest BCUT2D eigenvalue weighted by Gasteiger charge is 2.21. The zero-order valence-electron chi connectivity index (χ0n) is 16.4. The molecule has 0 heterocycles. The number of hydrogen-bond acceptors (Lipinski definition) is 4. The number of rotatable bonds is 4. The van der Waals surface area contributed by atoms with Crippen LogP contribution in [-0.4, -0.2) is 11.9 Å². The smallest absolute Gasteiger partial charge is 0.346 e. The summed E-state index contributed by atoms with van der Waals surface area (Å²) in [6.45, 7) is 0. The van der Waals surface area contributed by atoms with Crippen molar-refractivity contribution in [1.29, 1.82) is 0 Å². The lowest BCUT2D eigenvalue weighted by Crippen LogP contribution is -2.13. The lowest BCUT2D eigenvalue weighted by molar-refractivity contribution is 0.0721. The average Bonchev–Trinajstić information content (AvgIpc) is 2.80. The summed E-state index contributed by atoms with van der Waals surface area (Å²) in [6.07, 6.45) is 0. The predicted octanol–water partition coefficient (Wildman–Crippen LogP) is 5.97. The molecule has 0 unspecified atom stereocenters. The van der Waals surface area contributed by atoms with Gasteiger partial charge in [0.2, 0.25) is 0 Å². The van der Waals surface area contributed by atoms with Crippen molar-refractivity contribution in [3.8, 4) is 11.5 Å². The number of carbonyl (C=O) groups excluding carboxylic acids is 2. The fraction of sp³-hybridized carbons (Fsp3) is 0. The number of carbonyl (C=O) groups is 2. The Morgan fingerprint density at radius 3 is 1.76 bits per heavy atom. The van der Waals surface area contributed by atoms with E-state index in [0.29, 0.717) is 17.5 Å². The lowest BCUT2D eigenvalue weighted by atomic mass is 10.1. The molecule has 0 radical (unpaired) electrons. The van der Waals surface area contributed by atoms with E-state index in [1.165, 1.54) is 36.4 Å². The van der Waals surface area contributed by atoms with Gasteiger partial charge in [-0.15, -0.1) is 0 Å². The first kappa shape index (κ1) is 21.9. The van der Waals surface area contributed by atoms with Crippen LogP contribution in [0.3, 0.4) is 0 Å². The average molecular weight is 458 g/mol. The van der Waals surface area contributed by atoms with Gasteiger partial charge in [-0.2, -0.15) is 0 Å². The van der Waals surface area contributed by atoms with Gasteiger partial charge in [0.05, 0.1) is 11.1 Å². The number of ether oxygens (including phenoxy) is 2. The fourth-order valence-corrected chi connectivity index (χ4v) is 3.05. The Labute approximate surface area is 182 Å². The van der Waals surface area contributed by atoms with Gasteiger partial charge in [0.15, 0.2) is 29.1 Å². The second-order valence-corrected chi connectivity index (χ2v) is 6.74. The molecule has 166 valence electrons. The first-order valence-electron chi connectivity index (χ1n) is 9.31. The summed E-state index contributed by atoms with van der Waals surface area (Å²) in [5.74, 6) is -9.61. The van der Waals surface area contributed by atoms with Crippen LogP contribution in [0.4, 0.5) is 22.0 Å². The van der Waals surface area contributed by atoms with Crippen molar-refractivity contribution in [1.82, 2.24) is 0 Å². The Kier molecular flexibility index (Phi) is 5.78. The molecule has 4 nitrogen and oxygen atoms in total. The fourth-order valence-electron chi connectivity index (χ4n) is 3.05. The molecule has 4 rings (SSSR count). The third-order valence-electron chi connectivity index (χ3n) is 4.66. The Morgan fingerprint density at radius 2 is 1.15 bits per heavy atom. The van der Waals surface area contributed by atoms with Crippen molar-refractivity contribution in [2.45, 2.75) is 0 Å². The van der Waals surface area contributed by atoms with E-state index < -0.39 is 46.6 Å². The molecule has 9 heteroatoms. The molecule has 0 saturated heterocycles. The van der Waals surface area contributed by atoms with Crippen molar-refractivity contribution >= 4 is 22.7 Å². The molecule has 0 saturated carbocycles. The van der Waals surface area contributed by atoms with Gasteiger partial charge in [-0.3, -0.25) is 0 Å². The van der Waals surface area contributed by atoms with Crippen LogP contribution >= 0.6 is 0 Å². The molecule has 4 aromatic rings. The van der Waals surface area contributed by atoms with Crippen LogP contribution in [0.15, 0.2) is 66.7 Å². The molecule has 0 bridgehead atoms. The second kappa shape index (κ2) is 8.70. The number of fused-ring (bicyclic) bond motifs is 1. The minimum Gasteiger partial charge on any atom is -0.422 e. The van der Waals surface area contributed by atoms with Gasteiger partial charge in [0.1, 0.15) is 11.5 Å². The van der Waals surface area contributed by atoms with Crippen molar-refractivity contribution in [2.24, 2.45) is 0 Å². The Balaban J connectivity index is 1.65. The van der Waals surface area contributed by atoms with Crippen molar-refractivity contribution in [2.75, 3.05) is 0 Å². The van der Waals surface area contributed by atoms with Crippen LogP contribution in [0.1, 0.15) is 20.7 Å². The van der Waals surface area contributed by atoms with Crippen LogP contribution in [-0.2, 0) is 0 Å². The second-order valence-electron chi connectivity index (χ2n) is 6.74. The van der Waals surface area contributed by atoms with Gasteiger partial charge in [0, 0.05) is 10.8 Å². The maximum atomic E-state index is 13.9.